The molecule has 3 N–H and O–H groups in total. The lowest BCUT2D eigenvalue weighted by Gasteiger charge is -2.11. The van der Waals surface area contributed by atoms with Crippen LogP contribution >= 0.6 is 11.6 Å². The van der Waals surface area contributed by atoms with Crippen molar-refractivity contribution in [3.63, 3.8) is 0 Å². The Hall–Kier alpha value is -0.660. The third kappa shape index (κ3) is 4.07. The Morgan fingerprint density at radius 1 is 1.62 bits per heavy atom. The third-order valence-corrected chi connectivity index (χ3v) is 2.54. The van der Waals surface area contributed by atoms with Crippen molar-refractivity contribution in [1.29, 1.82) is 0 Å². The molecule has 0 radical (unpaired) electrons. The van der Waals surface area contributed by atoms with Gasteiger partial charge in [-0.25, -0.2) is 4.18 Å². The van der Waals surface area contributed by atoms with Gasteiger partial charge in [-0.2, -0.15) is 4.21 Å². The van der Waals surface area contributed by atoms with Crippen molar-refractivity contribution in [2.45, 2.75) is 13.0 Å². The van der Waals surface area contributed by atoms with Crippen LogP contribution in [0.3, 0.4) is 0 Å². The molecular weight excluding hydrogens is 254 g/mol. The summed E-state index contributed by atoms with van der Waals surface area (Å²) >= 11 is 3.56. The minimum atomic E-state index is -2.31. The van der Waals surface area contributed by atoms with E-state index >= 15 is 0 Å². The van der Waals surface area contributed by atoms with Crippen LogP contribution in [0, 0.1) is 0 Å². The highest BCUT2D eigenvalue weighted by atomic mass is 35.5. The second-order valence-electron chi connectivity index (χ2n) is 3.07. The zero-order chi connectivity index (χ0) is 12.1. The molecule has 0 amide bonds. The first-order chi connectivity index (χ1) is 7.50. The quantitative estimate of drug-likeness (QED) is 0.560. The summed E-state index contributed by atoms with van der Waals surface area (Å²) in [6, 6.07) is 4.97. The van der Waals surface area contributed by atoms with Gasteiger partial charge in [0, 0.05) is 0 Å². The lowest BCUT2D eigenvalue weighted by molar-refractivity contribution is 0.199. The van der Waals surface area contributed by atoms with E-state index in [4.69, 9.17) is 16.2 Å². The Kier molecular flexibility index (Phi) is 5.17. The van der Waals surface area contributed by atoms with Crippen molar-refractivity contribution >= 4 is 28.6 Å². The van der Waals surface area contributed by atoms with Crippen molar-refractivity contribution < 1.29 is 18.1 Å². The number of aliphatic hydroxyl groups excluding tert-OH is 1. The molecule has 1 unspecified atom stereocenters. The lowest BCUT2D eigenvalue weighted by Crippen LogP contribution is -2.08. The second kappa shape index (κ2) is 6.17. The van der Waals surface area contributed by atoms with E-state index in [1.807, 2.05) is 0 Å². The highest BCUT2D eigenvalue weighted by Crippen LogP contribution is 2.25. The largest absolute Gasteiger partial charge is 0.389 e. The van der Waals surface area contributed by atoms with Crippen molar-refractivity contribution in [1.82, 2.24) is 0 Å². The predicted molar refractivity (Wildman–Crippen MR) is 62.4 cm³/mol. The Bertz CT molecular complexity index is 386. The summed E-state index contributed by atoms with van der Waals surface area (Å²) in [4.78, 5) is 0. The fourth-order valence-corrected chi connectivity index (χ4v) is 1.44. The molecule has 90 valence electrons. The lowest BCUT2D eigenvalue weighted by atomic mass is 10.1. The van der Waals surface area contributed by atoms with Gasteiger partial charge >= 0.3 is 11.4 Å². The van der Waals surface area contributed by atoms with Gasteiger partial charge in [0.25, 0.3) is 0 Å². The van der Waals surface area contributed by atoms with E-state index in [1.165, 1.54) is 0 Å². The molecule has 1 rings (SSSR count). The normalized spacial score (nSPS) is 14.5. The van der Waals surface area contributed by atoms with E-state index in [1.54, 1.807) is 25.1 Å². The molecule has 0 aliphatic carbocycles. The number of hydrogen-bond donors (Lipinski definition) is 3. The Morgan fingerprint density at radius 3 is 2.88 bits per heavy atom. The summed E-state index contributed by atoms with van der Waals surface area (Å²) in [7, 11) is 0. The van der Waals surface area contributed by atoms with Crippen LogP contribution in [0.2, 0.25) is 5.02 Å². The molecule has 7 heteroatoms. The van der Waals surface area contributed by atoms with Crippen LogP contribution in [0.1, 0.15) is 18.6 Å². The average molecular weight is 266 g/mol. The summed E-state index contributed by atoms with van der Waals surface area (Å²) < 4.78 is 23.0. The SMILES string of the molecule is C[C@@H](O)c1ccc(Cl)c(NCOS(=O)O)c1. The first kappa shape index (κ1) is 13.4. The number of hydrogen-bond acceptors (Lipinski definition) is 4. The van der Waals surface area contributed by atoms with Crippen molar-refractivity contribution in [2.24, 2.45) is 0 Å². The third-order valence-electron chi connectivity index (χ3n) is 1.90. The molecule has 5 nitrogen and oxygen atoms in total. The van der Waals surface area contributed by atoms with Gasteiger partial charge in [-0.3, -0.25) is 4.55 Å². The van der Waals surface area contributed by atoms with Crippen LogP contribution in [0.15, 0.2) is 18.2 Å². The van der Waals surface area contributed by atoms with Gasteiger partial charge in [-0.1, -0.05) is 17.7 Å². The smallest absolute Gasteiger partial charge is 0.303 e. The first-order valence-electron chi connectivity index (χ1n) is 4.46. The maximum Gasteiger partial charge on any atom is 0.303 e. The summed E-state index contributed by atoms with van der Waals surface area (Å²) in [5.41, 5.74) is 1.22. The van der Waals surface area contributed by atoms with Crippen molar-refractivity contribution in [3.05, 3.63) is 28.8 Å². The molecule has 0 saturated heterocycles. The van der Waals surface area contributed by atoms with Crippen molar-refractivity contribution in [2.75, 3.05) is 12.0 Å². The summed E-state index contributed by atoms with van der Waals surface area (Å²) in [5.74, 6) is 0. The van der Waals surface area contributed by atoms with E-state index in [2.05, 4.69) is 9.50 Å². The zero-order valence-corrected chi connectivity index (χ0v) is 10.1. The molecule has 16 heavy (non-hydrogen) atoms. The fraction of sp³-hybridized carbons (Fsp3) is 0.333. The minimum Gasteiger partial charge on any atom is -0.389 e. The Balaban J connectivity index is 2.70. The highest BCUT2D eigenvalue weighted by molar-refractivity contribution is 7.74. The number of anilines is 1. The maximum atomic E-state index is 10.2. The molecule has 2 atom stereocenters. The maximum absolute atomic E-state index is 10.2. The minimum absolute atomic E-state index is 0.147. The molecular formula is C9H12ClNO4S. The van der Waals surface area contributed by atoms with E-state index in [-0.39, 0.29) is 6.73 Å². The van der Waals surface area contributed by atoms with Crippen molar-refractivity contribution in [3.8, 4) is 0 Å². The van der Waals surface area contributed by atoms with Crippen LogP contribution in [0.4, 0.5) is 5.69 Å². The van der Waals surface area contributed by atoms with Gasteiger partial charge in [0.15, 0.2) is 0 Å². The number of rotatable bonds is 5. The first-order valence-corrected chi connectivity index (χ1v) is 5.87. The Labute approximate surface area is 101 Å². The summed E-state index contributed by atoms with van der Waals surface area (Å²) in [5, 5.41) is 12.5. The van der Waals surface area contributed by atoms with Crippen LogP contribution in [0.25, 0.3) is 0 Å². The summed E-state index contributed by atoms with van der Waals surface area (Å²) in [6.45, 7) is 1.48. The van der Waals surface area contributed by atoms with Crippen LogP contribution in [-0.2, 0) is 15.5 Å². The van der Waals surface area contributed by atoms with Crippen LogP contribution < -0.4 is 5.32 Å². The van der Waals surface area contributed by atoms with E-state index < -0.39 is 17.5 Å². The van der Waals surface area contributed by atoms with Gasteiger partial charge in [-0.05, 0) is 24.6 Å². The number of nitrogens with one attached hydrogen (secondary N) is 1. The van der Waals surface area contributed by atoms with E-state index in [0.29, 0.717) is 16.3 Å². The molecule has 0 heterocycles. The Morgan fingerprint density at radius 2 is 2.31 bits per heavy atom. The van der Waals surface area contributed by atoms with Gasteiger partial charge < -0.3 is 10.4 Å². The van der Waals surface area contributed by atoms with Gasteiger partial charge in [-0.15, -0.1) is 0 Å². The molecule has 0 saturated carbocycles. The van der Waals surface area contributed by atoms with Crippen LogP contribution in [-0.4, -0.2) is 20.6 Å². The molecule has 1 aromatic carbocycles. The highest BCUT2D eigenvalue weighted by Gasteiger charge is 2.05. The predicted octanol–water partition coefficient (Wildman–Crippen LogP) is 1.92. The van der Waals surface area contributed by atoms with E-state index in [9.17, 15) is 9.32 Å². The number of halogens is 1. The molecule has 0 spiro atoms. The molecule has 0 fully saturated rings. The molecule has 1 aromatic rings. The van der Waals surface area contributed by atoms with Gasteiger partial charge in [0.2, 0.25) is 0 Å². The molecule has 0 aliphatic rings. The number of aliphatic hydroxyl groups is 1. The van der Waals surface area contributed by atoms with E-state index in [0.717, 1.165) is 0 Å². The standard InChI is InChI=1S/C9H12ClNO4S/c1-6(12)7-2-3-8(10)9(4-7)11-5-15-16(13)14/h2-4,6,11-12H,5H2,1H3,(H,13,14)/t6-/m1/s1. The molecule has 0 aliphatic heterocycles. The topological polar surface area (TPSA) is 78.8 Å². The van der Waals surface area contributed by atoms with Crippen LogP contribution in [0.5, 0.6) is 0 Å². The van der Waals surface area contributed by atoms with Gasteiger partial charge in [0.05, 0.1) is 16.8 Å². The summed E-state index contributed by atoms with van der Waals surface area (Å²) in [6.07, 6.45) is -0.606. The molecule has 0 aromatic heterocycles. The molecule has 0 bridgehead atoms. The second-order valence-corrected chi connectivity index (χ2v) is 4.15. The number of benzene rings is 1. The zero-order valence-electron chi connectivity index (χ0n) is 8.51. The average Bonchev–Trinajstić information content (AvgIpc) is 2.20. The fourth-order valence-electron chi connectivity index (χ4n) is 1.10. The van der Waals surface area contributed by atoms with Gasteiger partial charge in [0.1, 0.15) is 6.73 Å². The monoisotopic (exact) mass is 265 g/mol.